The van der Waals surface area contributed by atoms with Gasteiger partial charge in [-0.05, 0) is 19.3 Å². The Morgan fingerprint density at radius 3 is 0.850 bits per heavy atom. The van der Waals surface area contributed by atoms with E-state index in [2.05, 4.69) is 58.7 Å². The van der Waals surface area contributed by atoms with Crippen LogP contribution in [-0.2, 0) is 28.6 Å². The molecule has 0 spiro atoms. The van der Waals surface area contributed by atoms with Crippen LogP contribution in [0.2, 0.25) is 0 Å². The van der Waals surface area contributed by atoms with Gasteiger partial charge >= 0.3 is 17.9 Å². The van der Waals surface area contributed by atoms with Gasteiger partial charge in [0.2, 0.25) is 0 Å². The monoisotopic (exact) mass is 821 g/mol. The first kappa shape index (κ1) is 47.3. The van der Waals surface area contributed by atoms with Crippen molar-refractivity contribution in [3.05, 3.63) is 0 Å². The molecule has 0 heterocycles. The number of unbranched alkanes of at least 4 members (excludes halogenated alkanes) is 12. The first-order valence-electron chi connectivity index (χ1n) is 15.2. The van der Waals surface area contributed by atoms with Crippen LogP contribution in [0.3, 0.4) is 0 Å². The van der Waals surface area contributed by atoms with Gasteiger partial charge in [-0.1, -0.05) is 97.8 Å². The SMILES string of the molecule is CCCCCCCC(=O)OCCS.CCCCCCCC(=O)OCCS.CCCCCCCC(=O)OCCS.[Bi]. The Morgan fingerprint density at radius 1 is 0.425 bits per heavy atom. The van der Waals surface area contributed by atoms with Gasteiger partial charge in [-0.2, -0.15) is 37.9 Å². The Hall–Kier alpha value is 0.343. The normalized spacial score (nSPS) is 9.75. The summed E-state index contributed by atoms with van der Waals surface area (Å²) in [7, 11) is 0. The summed E-state index contributed by atoms with van der Waals surface area (Å²) >= 11 is 11.9. The zero-order valence-corrected chi connectivity index (χ0v) is 31.9. The fourth-order valence-electron chi connectivity index (χ4n) is 3.31. The molecule has 40 heavy (non-hydrogen) atoms. The van der Waals surface area contributed by atoms with Crippen LogP contribution < -0.4 is 0 Å². The molecule has 0 aromatic carbocycles. The first-order valence-corrected chi connectivity index (χ1v) is 17.1. The van der Waals surface area contributed by atoms with Crippen LogP contribution in [0.1, 0.15) is 136 Å². The zero-order valence-electron chi connectivity index (χ0n) is 25.7. The summed E-state index contributed by atoms with van der Waals surface area (Å²) in [5.41, 5.74) is 0. The maximum atomic E-state index is 11.0. The Kier molecular flexibility index (Phi) is 51.8. The molecule has 239 valence electrons. The van der Waals surface area contributed by atoms with Gasteiger partial charge in [0.15, 0.2) is 0 Å². The molecule has 0 atom stereocenters. The summed E-state index contributed by atoms with van der Waals surface area (Å²) in [5.74, 6) is 1.60. The standard InChI is InChI=1S/3C10H20O2S.Bi/c3*1-2-3-4-5-6-7-10(11)12-8-9-13;/h3*13H,2-9H2,1H3;. The van der Waals surface area contributed by atoms with Crippen molar-refractivity contribution in [2.45, 2.75) is 136 Å². The van der Waals surface area contributed by atoms with Gasteiger partial charge in [-0.25, -0.2) is 0 Å². The van der Waals surface area contributed by atoms with E-state index >= 15 is 0 Å². The maximum absolute atomic E-state index is 11.0. The number of rotatable bonds is 24. The Balaban J connectivity index is -0.000000240. The van der Waals surface area contributed by atoms with E-state index in [9.17, 15) is 14.4 Å². The number of carbonyl (C=O) groups is 3. The van der Waals surface area contributed by atoms with E-state index in [1.54, 1.807) is 0 Å². The number of hydrogen-bond donors (Lipinski definition) is 3. The largest absolute Gasteiger partial charge is 0.465 e. The molecule has 0 N–H and O–H groups in total. The summed E-state index contributed by atoms with van der Waals surface area (Å²) in [6, 6.07) is 0. The molecule has 0 aliphatic heterocycles. The first-order chi connectivity index (χ1) is 18.9. The van der Waals surface area contributed by atoms with Gasteiger partial charge < -0.3 is 14.2 Å². The molecule has 0 aliphatic carbocycles. The van der Waals surface area contributed by atoms with Crippen LogP contribution in [0.25, 0.3) is 0 Å². The van der Waals surface area contributed by atoms with E-state index < -0.39 is 0 Å². The molecule has 0 bridgehead atoms. The van der Waals surface area contributed by atoms with Crippen LogP contribution in [0.5, 0.6) is 0 Å². The van der Waals surface area contributed by atoms with E-state index in [1.165, 1.54) is 57.8 Å². The van der Waals surface area contributed by atoms with Crippen LogP contribution in [0.15, 0.2) is 0 Å². The van der Waals surface area contributed by atoms with Gasteiger partial charge in [0.1, 0.15) is 19.8 Å². The summed E-state index contributed by atoms with van der Waals surface area (Å²) in [5, 5.41) is 0. The van der Waals surface area contributed by atoms with Crippen molar-refractivity contribution in [1.29, 1.82) is 0 Å². The molecule has 10 heteroatoms. The van der Waals surface area contributed by atoms with Crippen LogP contribution in [0, 0.1) is 0 Å². The molecule has 0 fully saturated rings. The molecule has 0 aliphatic rings. The van der Waals surface area contributed by atoms with Gasteiger partial charge in [0, 0.05) is 62.7 Å². The van der Waals surface area contributed by atoms with Crippen molar-refractivity contribution in [2.75, 3.05) is 37.1 Å². The Morgan fingerprint density at radius 2 is 0.650 bits per heavy atom. The van der Waals surface area contributed by atoms with Crippen molar-refractivity contribution in [3.8, 4) is 0 Å². The van der Waals surface area contributed by atoms with Crippen molar-refractivity contribution < 1.29 is 28.6 Å². The van der Waals surface area contributed by atoms with Crippen molar-refractivity contribution in [1.82, 2.24) is 0 Å². The molecule has 3 radical (unpaired) electrons. The topological polar surface area (TPSA) is 78.9 Å². The van der Waals surface area contributed by atoms with Gasteiger partial charge in [0.25, 0.3) is 0 Å². The number of hydrogen-bond acceptors (Lipinski definition) is 9. The minimum Gasteiger partial charge on any atom is -0.465 e. The van der Waals surface area contributed by atoms with Gasteiger partial charge in [-0.3, -0.25) is 14.4 Å². The summed E-state index contributed by atoms with van der Waals surface area (Å²) in [6.07, 6.45) is 19.2. The predicted molar refractivity (Wildman–Crippen MR) is 180 cm³/mol. The molecule has 0 amide bonds. The van der Waals surface area contributed by atoms with Crippen LogP contribution in [0.4, 0.5) is 0 Å². The van der Waals surface area contributed by atoms with Crippen LogP contribution >= 0.6 is 37.9 Å². The van der Waals surface area contributed by atoms with Crippen molar-refractivity contribution in [3.63, 3.8) is 0 Å². The summed E-state index contributed by atoms with van der Waals surface area (Å²) < 4.78 is 14.6. The predicted octanol–water partition coefficient (Wildman–Crippen LogP) is 8.08. The molecule has 0 unspecified atom stereocenters. The second kappa shape index (κ2) is 43.8. The molecular weight excluding hydrogens is 762 g/mol. The molecule has 0 aromatic rings. The van der Waals surface area contributed by atoms with Crippen molar-refractivity contribution in [2.24, 2.45) is 0 Å². The van der Waals surface area contributed by atoms with Crippen molar-refractivity contribution >= 4 is 82.0 Å². The third-order valence-corrected chi connectivity index (χ3v) is 6.06. The van der Waals surface area contributed by atoms with Gasteiger partial charge in [-0.15, -0.1) is 0 Å². The van der Waals surface area contributed by atoms with Crippen LogP contribution in [-0.4, -0.2) is 81.2 Å². The molecular formula is C30H60BiO6S3. The van der Waals surface area contributed by atoms with E-state index in [1.807, 2.05) is 0 Å². The minimum atomic E-state index is -0.0782. The molecule has 6 nitrogen and oxygen atoms in total. The number of carbonyl (C=O) groups excluding carboxylic acids is 3. The second-order valence-corrected chi connectivity index (χ2v) is 10.7. The fraction of sp³-hybridized carbons (Fsp3) is 0.900. The average Bonchev–Trinajstić information content (AvgIpc) is 2.94. The fourth-order valence-corrected chi connectivity index (χ4v) is 3.59. The number of esters is 3. The zero-order chi connectivity index (χ0) is 29.8. The van der Waals surface area contributed by atoms with E-state index in [4.69, 9.17) is 14.2 Å². The van der Waals surface area contributed by atoms with E-state index in [-0.39, 0.29) is 44.1 Å². The smallest absolute Gasteiger partial charge is 0.305 e. The average molecular weight is 822 g/mol. The third-order valence-electron chi connectivity index (χ3n) is 5.52. The summed E-state index contributed by atoms with van der Waals surface area (Å²) in [4.78, 5) is 32.9. The number of thiol groups is 3. The molecule has 0 aromatic heterocycles. The van der Waals surface area contributed by atoms with E-state index in [0.717, 1.165) is 38.5 Å². The third kappa shape index (κ3) is 48.1. The van der Waals surface area contributed by atoms with E-state index in [0.29, 0.717) is 56.3 Å². The summed E-state index contributed by atoms with van der Waals surface area (Å²) in [6.45, 7) is 7.87. The minimum absolute atomic E-state index is 0. The quantitative estimate of drug-likeness (QED) is 0.0301. The molecule has 0 saturated heterocycles. The Bertz CT molecular complexity index is 456. The molecule has 0 rings (SSSR count). The number of ether oxygens (including phenoxy) is 3. The van der Waals surface area contributed by atoms with Gasteiger partial charge in [0.05, 0.1) is 0 Å². The maximum Gasteiger partial charge on any atom is 0.305 e. The Labute approximate surface area is 282 Å². The molecule has 0 saturated carbocycles. The second-order valence-electron chi connectivity index (χ2n) is 9.32.